The molecule has 9 aromatic rings. The van der Waals surface area contributed by atoms with Gasteiger partial charge in [-0.05, 0) is 147 Å². The van der Waals surface area contributed by atoms with Crippen molar-refractivity contribution in [2.24, 2.45) is 0 Å². The Morgan fingerprint density at radius 3 is 0.833 bits per heavy atom. The van der Waals surface area contributed by atoms with E-state index in [9.17, 15) is 0 Å². The van der Waals surface area contributed by atoms with Gasteiger partial charge in [0.05, 0.1) is 33.8 Å². The lowest BCUT2D eigenvalue weighted by Crippen LogP contribution is -2.16. The molecule has 0 radical (unpaired) electrons. The molecule has 0 saturated heterocycles. The molecule has 0 atom stereocenters. The second kappa shape index (κ2) is 21.2. The number of nitrogens with zero attached hydrogens (tertiary/aromatic N) is 6. The zero-order valence-electron chi connectivity index (χ0n) is 58.2. The van der Waals surface area contributed by atoms with Crippen LogP contribution < -0.4 is 11.5 Å². The van der Waals surface area contributed by atoms with E-state index in [1.54, 1.807) is 0 Å². The number of H-pyrrole nitrogens is 2. The molecular formula is C80H96N10. The molecule has 466 valence electrons. The number of nitrogens with one attached hydrogen (secondary N) is 2. The number of hydrogen-bond acceptors (Lipinski definition) is 8. The first-order chi connectivity index (χ1) is 41.4. The van der Waals surface area contributed by atoms with E-state index in [2.05, 4.69) is 290 Å². The number of aromatic nitrogens is 8. The van der Waals surface area contributed by atoms with Crippen LogP contribution in [0.4, 0.5) is 11.8 Å². The van der Waals surface area contributed by atoms with Crippen molar-refractivity contribution in [3.63, 3.8) is 0 Å². The molecule has 8 bridgehead atoms. The molecule has 6 N–H and O–H groups in total. The van der Waals surface area contributed by atoms with Gasteiger partial charge in [0, 0.05) is 33.3 Å². The van der Waals surface area contributed by atoms with Crippen LogP contribution in [-0.2, 0) is 43.3 Å². The van der Waals surface area contributed by atoms with E-state index in [0.717, 1.165) is 89.4 Å². The molecule has 0 aliphatic carbocycles. The molecule has 7 heterocycles. The zero-order valence-corrected chi connectivity index (χ0v) is 58.2. The normalized spacial score (nSPS) is 13.8. The van der Waals surface area contributed by atoms with Crippen molar-refractivity contribution >= 4 is 80.3 Å². The van der Waals surface area contributed by atoms with Crippen molar-refractivity contribution in [1.82, 2.24) is 39.9 Å². The summed E-state index contributed by atoms with van der Waals surface area (Å²) in [5, 5.41) is 0. The minimum absolute atomic E-state index is 0.0143. The molecule has 4 aromatic carbocycles. The summed E-state index contributed by atoms with van der Waals surface area (Å²) in [5.41, 5.74) is 37.6. The minimum Gasteiger partial charge on any atom is -0.382 e. The van der Waals surface area contributed by atoms with Crippen LogP contribution in [0.2, 0.25) is 0 Å². The van der Waals surface area contributed by atoms with E-state index in [4.69, 9.17) is 36.4 Å². The van der Waals surface area contributed by atoms with Crippen LogP contribution in [0.1, 0.15) is 233 Å². The van der Waals surface area contributed by atoms with Crippen molar-refractivity contribution in [1.29, 1.82) is 0 Å². The molecule has 10 nitrogen and oxygen atoms in total. The molecule has 11 rings (SSSR count). The second-order valence-electron chi connectivity index (χ2n) is 33.8. The van der Waals surface area contributed by atoms with E-state index < -0.39 is 0 Å². The monoisotopic (exact) mass is 1200 g/mol. The van der Waals surface area contributed by atoms with Crippen LogP contribution in [0, 0.1) is 0 Å². The van der Waals surface area contributed by atoms with Crippen molar-refractivity contribution < 1.29 is 0 Å². The van der Waals surface area contributed by atoms with Crippen LogP contribution in [0.3, 0.4) is 0 Å². The highest BCUT2D eigenvalue weighted by Crippen LogP contribution is 2.47. The van der Waals surface area contributed by atoms with Gasteiger partial charge in [-0.3, -0.25) is 0 Å². The third-order valence-corrected chi connectivity index (χ3v) is 18.1. The fourth-order valence-electron chi connectivity index (χ4n) is 12.2. The van der Waals surface area contributed by atoms with E-state index in [1.807, 2.05) is 0 Å². The number of rotatable bonds is 4. The summed E-state index contributed by atoms with van der Waals surface area (Å²) >= 11 is 0. The fourth-order valence-corrected chi connectivity index (χ4v) is 12.2. The number of nitrogens with two attached hydrogens (primary N) is 2. The standard InChI is InChI=1S/C80H96N10/c1-73(2,3)47-31-43(32-48(39-47)74(4,5)6)61-55-25-26-56(83-55)62(44-33-49(75(7,8)9)40-50(34-44)76(10,11)12)58-28-30-60(85-58)64(46-37-53(79(19,20)21)42-54(38-46)80(22,23)24)66-68-67(87-69-70(81)89-72(82)90-71(69)88-68)65(86-66)63(59-29-27-57(61)84-59)45-35-51(77(13,14)15)41-52(36-45)78(16,17)18/h25-42,83,86H,1-24H3,(H4,81,82,88,89,90). The predicted octanol–water partition coefficient (Wildman–Crippen LogP) is 20.8. The Hall–Kier alpha value is -8.24. The molecule has 90 heavy (non-hydrogen) atoms. The Morgan fingerprint density at radius 2 is 0.544 bits per heavy atom. The Labute approximate surface area is 535 Å². The van der Waals surface area contributed by atoms with Crippen molar-refractivity contribution in [2.45, 2.75) is 209 Å². The number of fused-ring (bicyclic) bond motifs is 12. The lowest BCUT2D eigenvalue weighted by molar-refractivity contribution is 0.568. The first-order valence-corrected chi connectivity index (χ1v) is 32.2. The van der Waals surface area contributed by atoms with Gasteiger partial charge in [0.1, 0.15) is 11.0 Å². The van der Waals surface area contributed by atoms with Gasteiger partial charge in [-0.2, -0.15) is 9.97 Å². The molecule has 5 aromatic heterocycles. The largest absolute Gasteiger partial charge is 0.382 e. The minimum atomic E-state index is -0.220. The molecule has 0 amide bonds. The summed E-state index contributed by atoms with van der Waals surface area (Å²) in [6.07, 6.45) is 8.77. The molecular weight excluding hydrogens is 1100 g/mol. The summed E-state index contributed by atoms with van der Waals surface area (Å²) in [4.78, 5) is 40.5. The Kier molecular flexibility index (Phi) is 14.9. The average molecular weight is 1200 g/mol. The average Bonchev–Trinajstić information content (AvgIpc) is 1.56. The van der Waals surface area contributed by atoms with Gasteiger partial charge >= 0.3 is 0 Å². The first-order valence-electron chi connectivity index (χ1n) is 32.2. The quantitative estimate of drug-likeness (QED) is 0.135. The molecule has 10 heteroatoms. The Balaban J connectivity index is 1.48. The SMILES string of the molecule is CC(C)(C)c1cc(-c2c3nc(c(-c4cc(C(C)(C)C)cc(C(C)(C)C)c4)c4[nH]c(c(-c5cc(C(C)(C)C)cc(C(C)(C)C)c5)c5nc(c(-c6cc(C(C)(C)C)cc(C(C)(C)C)c6)c6ccc2[nH]6)C=C5)c2nc5c(N)nc(N)nc5nc42)C=C3)cc(C(C)(C)C)c1. The number of nitrogen functional groups attached to an aromatic ring is 2. The van der Waals surface area contributed by atoms with Gasteiger partial charge in [-0.15, -0.1) is 0 Å². The molecule has 0 fully saturated rings. The van der Waals surface area contributed by atoms with Crippen LogP contribution >= 0.6 is 0 Å². The maximum Gasteiger partial charge on any atom is 0.224 e. The van der Waals surface area contributed by atoms with Crippen LogP contribution in [0.25, 0.3) is 113 Å². The molecule has 2 aliphatic heterocycles. The third kappa shape index (κ3) is 12.0. The second-order valence-corrected chi connectivity index (χ2v) is 33.8. The first kappa shape index (κ1) is 63.3. The van der Waals surface area contributed by atoms with E-state index >= 15 is 0 Å². The highest BCUT2D eigenvalue weighted by Gasteiger charge is 2.31. The summed E-state index contributed by atoms with van der Waals surface area (Å²) in [6, 6.07) is 32.9. The predicted molar refractivity (Wildman–Crippen MR) is 385 cm³/mol. The topological polar surface area (TPSA) is 161 Å². The summed E-state index contributed by atoms with van der Waals surface area (Å²) in [5.74, 6) is 0.156. The van der Waals surface area contributed by atoms with Gasteiger partial charge in [0.2, 0.25) is 5.95 Å². The molecule has 0 saturated carbocycles. The fraction of sp³-hybridized carbons (Fsp3) is 0.400. The van der Waals surface area contributed by atoms with E-state index in [1.165, 1.54) is 44.5 Å². The lowest BCUT2D eigenvalue weighted by Gasteiger charge is -2.26. The van der Waals surface area contributed by atoms with Crippen molar-refractivity contribution in [3.05, 3.63) is 152 Å². The summed E-state index contributed by atoms with van der Waals surface area (Å²) in [7, 11) is 0. The Bertz CT molecular complexity index is 4540. The van der Waals surface area contributed by atoms with E-state index in [0.29, 0.717) is 16.6 Å². The van der Waals surface area contributed by atoms with Crippen LogP contribution in [-0.4, -0.2) is 39.9 Å². The van der Waals surface area contributed by atoms with E-state index in [-0.39, 0.29) is 60.7 Å². The number of anilines is 2. The smallest absolute Gasteiger partial charge is 0.224 e. The van der Waals surface area contributed by atoms with Gasteiger partial charge in [0.15, 0.2) is 17.0 Å². The van der Waals surface area contributed by atoms with Gasteiger partial charge < -0.3 is 21.4 Å². The van der Waals surface area contributed by atoms with Crippen molar-refractivity contribution in [2.75, 3.05) is 11.5 Å². The Morgan fingerprint density at radius 1 is 0.278 bits per heavy atom. The summed E-state index contributed by atoms with van der Waals surface area (Å²) in [6.45, 7) is 55.0. The maximum absolute atomic E-state index is 6.86. The maximum atomic E-state index is 6.86. The highest BCUT2D eigenvalue weighted by molar-refractivity contribution is 6.15. The van der Waals surface area contributed by atoms with Crippen molar-refractivity contribution in [3.8, 4) is 44.5 Å². The molecule has 2 aliphatic rings. The summed E-state index contributed by atoms with van der Waals surface area (Å²) < 4.78 is 0. The highest BCUT2D eigenvalue weighted by atomic mass is 15.1. The number of hydrogen-bond donors (Lipinski definition) is 4. The third-order valence-electron chi connectivity index (χ3n) is 18.1. The zero-order chi connectivity index (χ0) is 65.7. The van der Waals surface area contributed by atoms with Crippen LogP contribution in [0.5, 0.6) is 0 Å². The number of aromatic amines is 2. The molecule has 0 spiro atoms. The number of benzene rings is 4. The van der Waals surface area contributed by atoms with Gasteiger partial charge in [0.25, 0.3) is 0 Å². The lowest BCUT2D eigenvalue weighted by atomic mass is 9.78. The van der Waals surface area contributed by atoms with Crippen LogP contribution in [0.15, 0.2) is 84.9 Å². The molecule has 0 unspecified atom stereocenters. The van der Waals surface area contributed by atoms with Gasteiger partial charge in [-0.25, -0.2) is 19.9 Å². The van der Waals surface area contributed by atoms with Gasteiger partial charge in [-0.1, -0.05) is 239 Å².